The first-order chi connectivity index (χ1) is 17.6. The van der Waals surface area contributed by atoms with Crippen LogP contribution in [0.5, 0.6) is 23.0 Å². The summed E-state index contributed by atoms with van der Waals surface area (Å²) >= 11 is 3.61. The lowest BCUT2D eigenvalue weighted by Crippen LogP contribution is -2.17. The molecule has 0 amide bonds. The summed E-state index contributed by atoms with van der Waals surface area (Å²) in [7, 11) is 1.61. The third-order valence-corrected chi connectivity index (χ3v) is 6.79. The van der Waals surface area contributed by atoms with Crippen molar-refractivity contribution < 1.29 is 24.1 Å². The van der Waals surface area contributed by atoms with Crippen LogP contribution in [0, 0.1) is 0 Å². The SMILES string of the molecule is COc1cc(CNCCc2c[nH]c3ccccc23)cc(Br)c1OCC(O)c1ccc2c(c1)OCCO2. The van der Waals surface area contributed by atoms with E-state index in [0.717, 1.165) is 28.5 Å². The second-order valence-corrected chi connectivity index (χ2v) is 9.48. The van der Waals surface area contributed by atoms with Gasteiger partial charge in [0.05, 0.1) is 11.6 Å². The highest BCUT2D eigenvalue weighted by Crippen LogP contribution is 2.38. The molecule has 0 spiro atoms. The normalized spacial score (nSPS) is 13.5. The molecule has 3 N–H and O–H groups in total. The van der Waals surface area contributed by atoms with Crippen molar-refractivity contribution >= 4 is 26.8 Å². The Morgan fingerprint density at radius 1 is 1.08 bits per heavy atom. The lowest BCUT2D eigenvalue weighted by molar-refractivity contribution is 0.105. The number of fused-ring (bicyclic) bond motifs is 2. The molecule has 7 nitrogen and oxygen atoms in total. The Morgan fingerprint density at radius 2 is 1.92 bits per heavy atom. The van der Waals surface area contributed by atoms with Crippen molar-refractivity contribution in [3.05, 3.63) is 82.0 Å². The van der Waals surface area contributed by atoms with Crippen LogP contribution in [0.2, 0.25) is 0 Å². The van der Waals surface area contributed by atoms with Crippen molar-refractivity contribution in [1.82, 2.24) is 10.3 Å². The number of aliphatic hydroxyl groups excluding tert-OH is 1. The number of aliphatic hydroxyl groups is 1. The predicted octanol–water partition coefficient (Wildman–Crippen LogP) is 5.15. The average molecular weight is 553 g/mol. The summed E-state index contributed by atoms with van der Waals surface area (Å²) in [4.78, 5) is 3.33. The first-order valence-corrected chi connectivity index (χ1v) is 12.7. The van der Waals surface area contributed by atoms with Crippen LogP contribution in [-0.4, -0.2) is 43.6 Å². The van der Waals surface area contributed by atoms with E-state index < -0.39 is 6.10 Å². The molecule has 1 aromatic heterocycles. The molecule has 1 unspecified atom stereocenters. The zero-order chi connectivity index (χ0) is 24.9. The molecule has 0 bridgehead atoms. The molecule has 8 heteroatoms. The van der Waals surface area contributed by atoms with Gasteiger partial charge in [0.1, 0.15) is 25.9 Å². The number of hydrogen-bond donors (Lipinski definition) is 3. The van der Waals surface area contributed by atoms with Crippen LogP contribution in [-0.2, 0) is 13.0 Å². The minimum absolute atomic E-state index is 0.0663. The molecule has 1 atom stereocenters. The van der Waals surface area contributed by atoms with Gasteiger partial charge in [-0.2, -0.15) is 0 Å². The molecule has 1 aliphatic heterocycles. The van der Waals surface area contributed by atoms with E-state index in [9.17, 15) is 5.11 Å². The van der Waals surface area contributed by atoms with Gasteiger partial charge in [-0.25, -0.2) is 0 Å². The van der Waals surface area contributed by atoms with Gasteiger partial charge in [0.15, 0.2) is 23.0 Å². The van der Waals surface area contributed by atoms with E-state index in [2.05, 4.69) is 50.6 Å². The quantitative estimate of drug-likeness (QED) is 0.236. The van der Waals surface area contributed by atoms with E-state index in [0.29, 0.717) is 48.3 Å². The first kappa shape index (κ1) is 24.5. The van der Waals surface area contributed by atoms with E-state index in [1.54, 1.807) is 13.2 Å². The van der Waals surface area contributed by atoms with Crippen molar-refractivity contribution in [3.8, 4) is 23.0 Å². The number of para-hydroxylation sites is 1. The molecule has 5 rings (SSSR count). The second-order valence-electron chi connectivity index (χ2n) is 8.63. The van der Waals surface area contributed by atoms with Gasteiger partial charge in [0, 0.05) is 23.6 Å². The van der Waals surface area contributed by atoms with E-state index in [1.165, 1.54) is 10.9 Å². The van der Waals surface area contributed by atoms with Gasteiger partial charge in [-0.1, -0.05) is 24.3 Å². The molecule has 1 aliphatic rings. The Morgan fingerprint density at radius 3 is 2.78 bits per heavy atom. The summed E-state index contributed by atoms with van der Waals surface area (Å²) in [5, 5.41) is 15.5. The lowest BCUT2D eigenvalue weighted by atomic mass is 10.1. The Hall–Kier alpha value is -3.20. The maximum Gasteiger partial charge on any atom is 0.175 e. The summed E-state index contributed by atoms with van der Waals surface area (Å²) in [5.74, 6) is 2.48. The fraction of sp³-hybridized carbons (Fsp3) is 0.286. The van der Waals surface area contributed by atoms with Crippen LogP contribution >= 0.6 is 15.9 Å². The van der Waals surface area contributed by atoms with Crippen LogP contribution in [0.4, 0.5) is 0 Å². The number of hydrogen-bond acceptors (Lipinski definition) is 6. The van der Waals surface area contributed by atoms with Crippen LogP contribution in [0.15, 0.2) is 65.3 Å². The molecular formula is C28H29BrN2O5. The summed E-state index contributed by atoms with van der Waals surface area (Å²) in [5.41, 5.74) is 4.23. The molecule has 0 radical (unpaired) electrons. The van der Waals surface area contributed by atoms with Gasteiger partial charge in [0.25, 0.3) is 0 Å². The number of methoxy groups -OCH3 is 1. The number of aromatic nitrogens is 1. The Balaban J connectivity index is 1.17. The number of ether oxygens (including phenoxy) is 4. The smallest absolute Gasteiger partial charge is 0.175 e. The van der Waals surface area contributed by atoms with Crippen molar-refractivity contribution in [2.24, 2.45) is 0 Å². The van der Waals surface area contributed by atoms with Crippen molar-refractivity contribution in [3.63, 3.8) is 0 Å². The van der Waals surface area contributed by atoms with Gasteiger partial charge in [-0.3, -0.25) is 0 Å². The van der Waals surface area contributed by atoms with E-state index in [-0.39, 0.29) is 6.61 Å². The largest absolute Gasteiger partial charge is 0.493 e. The zero-order valence-electron chi connectivity index (χ0n) is 20.1. The van der Waals surface area contributed by atoms with Gasteiger partial charge in [0.2, 0.25) is 0 Å². The van der Waals surface area contributed by atoms with Crippen LogP contribution < -0.4 is 24.3 Å². The molecule has 3 aromatic carbocycles. The number of rotatable bonds is 10. The third-order valence-electron chi connectivity index (χ3n) is 6.20. The second kappa shape index (κ2) is 11.2. The topological polar surface area (TPSA) is 85.0 Å². The van der Waals surface area contributed by atoms with Gasteiger partial charge >= 0.3 is 0 Å². The molecule has 0 saturated heterocycles. The zero-order valence-corrected chi connectivity index (χ0v) is 21.6. The van der Waals surface area contributed by atoms with Gasteiger partial charge < -0.3 is 34.4 Å². The molecule has 36 heavy (non-hydrogen) atoms. The summed E-state index contributed by atoms with van der Waals surface area (Å²) in [6.45, 7) is 2.63. The average Bonchev–Trinajstić information content (AvgIpc) is 3.32. The summed E-state index contributed by atoms with van der Waals surface area (Å²) < 4.78 is 23.5. The Labute approximate surface area is 218 Å². The highest BCUT2D eigenvalue weighted by molar-refractivity contribution is 9.10. The first-order valence-electron chi connectivity index (χ1n) is 11.9. The van der Waals surface area contributed by atoms with Crippen LogP contribution in [0.3, 0.4) is 0 Å². The molecular weight excluding hydrogens is 524 g/mol. The maximum atomic E-state index is 10.7. The number of nitrogens with one attached hydrogen (secondary N) is 2. The van der Waals surface area contributed by atoms with E-state index >= 15 is 0 Å². The van der Waals surface area contributed by atoms with Crippen molar-refractivity contribution in [2.75, 3.05) is 33.5 Å². The number of aromatic amines is 1. The molecule has 188 valence electrons. The van der Waals surface area contributed by atoms with Crippen molar-refractivity contribution in [1.29, 1.82) is 0 Å². The van der Waals surface area contributed by atoms with E-state index in [1.807, 2.05) is 30.3 Å². The summed E-state index contributed by atoms with van der Waals surface area (Å²) in [6, 6.07) is 17.7. The standard InChI is InChI=1S/C28H29BrN2O5/c1-33-27-13-18(15-30-9-8-20-16-31-23-5-3-2-4-21(20)23)12-22(29)28(27)36-17-24(32)19-6-7-25-26(14-19)35-11-10-34-25/h2-7,12-14,16,24,30-32H,8-11,15,17H2,1H3. The fourth-order valence-corrected chi connectivity index (χ4v) is 4.94. The molecule has 0 fully saturated rings. The Kier molecular flexibility index (Phi) is 7.65. The van der Waals surface area contributed by atoms with Gasteiger partial charge in [-0.15, -0.1) is 0 Å². The third kappa shape index (κ3) is 5.46. The van der Waals surface area contributed by atoms with Crippen LogP contribution in [0.25, 0.3) is 10.9 Å². The molecule has 4 aromatic rings. The minimum atomic E-state index is -0.830. The van der Waals surface area contributed by atoms with Crippen LogP contribution in [0.1, 0.15) is 22.8 Å². The molecule has 0 saturated carbocycles. The Bertz CT molecular complexity index is 1340. The fourth-order valence-electron chi connectivity index (χ4n) is 4.34. The predicted molar refractivity (Wildman–Crippen MR) is 142 cm³/mol. The highest BCUT2D eigenvalue weighted by Gasteiger charge is 2.18. The molecule has 0 aliphatic carbocycles. The van der Waals surface area contributed by atoms with E-state index in [4.69, 9.17) is 18.9 Å². The number of benzene rings is 3. The minimum Gasteiger partial charge on any atom is -0.493 e. The van der Waals surface area contributed by atoms with Crippen molar-refractivity contribution in [2.45, 2.75) is 19.1 Å². The highest BCUT2D eigenvalue weighted by atomic mass is 79.9. The molecule has 2 heterocycles. The summed E-state index contributed by atoms with van der Waals surface area (Å²) in [6.07, 6.45) is 2.18. The maximum absolute atomic E-state index is 10.7. The number of halogens is 1. The monoisotopic (exact) mass is 552 g/mol. The van der Waals surface area contributed by atoms with Gasteiger partial charge in [-0.05, 0) is 75.9 Å². The number of H-pyrrole nitrogens is 1. The lowest BCUT2D eigenvalue weighted by Gasteiger charge is -2.21.